The molecule has 1 aliphatic rings. The zero-order valence-electron chi connectivity index (χ0n) is 20.4. The predicted octanol–water partition coefficient (Wildman–Crippen LogP) is 4.64. The number of fused-ring (bicyclic) bond motifs is 1. The summed E-state index contributed by atoms with van der Waals surface area (Å²) >= 11 is 1.59. The quantitative estimate of drug-likeness (QED) is 0.321. The van der Waals surface area contributed by atoms with Crippen LogP contribution >= 0.6 is 11.8 Å². The van der Waals surface area contributed by atoms with Crippen LogP contribution in [0.4, 0.5) is 5.69 Å². The van der Waals surface area contributed by atoms with E-state index in [1.807, 2.05) is 29.4 Å². The maximum absolute atomic E-state index is 13.9. The number of amides is 1. The van der Waals surface area contributed by atoms with Gasteiger partial charge in [0.2, 0.25) is 15.7 Å². The third-order valence-corrected chi connectivity index (χ3v) is 8.74. The van der Waals surface area contributed by atoms with Gasteiger partial charge in [0, 0.05) is 49.6 Å². The maximum Gasteiger partial charge on any atom is 0.224 e. The zero-order valence-corrected chi connectivity index (χ0v) is 22.0. The van der Waals surface area contributed by atoms with E-state index in [4.69, 9.17) is 4.74 Å². The van der Waals surface area contributed by atoms with Gasteiger partial charge in [-0.2, -0.15) is 0 Å². The van der Waals surface area contributed by atoms with Crippen molar-refractivity contribution in [2.45, 2.75) is 40.9 Å². The van der Waals surface area contributed by atoms with Gasteiger partial charge in [-0.05, 0) is 55.1 Å². The van der Waals surface area contributed by atoms with Crippen LogP contribution in [0.1, 0.15) is 26.2 Å². The van der Waals surface area contributed by atoms with Crippen LogP contribution in [-0.2, 0) is 14.6 Å². The first-order valence-electron chi connectivity index (χ1n) is 11.8. The van der Waals surface area contributed by atoms with Crippen molar-refractivity contribution in [1.29, 1.82) is 0 Å². The van der Waals surface area contributed by atoms with Crippen LogP contribution in [0.2, 0.25) is 0 Å². The summed E-state index contributed by atoms with van der Waals surface area (Å²) in [5.74, 6) is 0.701. The molecule has 2 aromatic carbocycles. The highest BCUT2D eigenvalue weighted by Gasteiger charge is 2.29. The van der Waals surface area contributed by atoms with Gasteiger partial charge in [0.15, 0.2) is 0 Å². The molecule has 1 amide bonds. The monoisotopic (exact) mass is 513 g/mol. The summed E-state index contributed by atoms with van der Waals surface area (Å²) in [5, 5.41) is 0.773. The Morgan fingerprint density at radius 3 is 2.57 bits per heavy atom. The highest BCUT2D eigenvalue weighted by molar-refractivity contribution is 7.98. The molecule has 0 N–H and O–H groups in total. The van der Waals surface area contributed by atoms with Crippen molar-refractivity contribution in [3.63, 3.8) is 0 Å². The van der Waals surface area contributed by atoms with Gasteiger partial charge >= 0.3 is 0 Å². The first kappa shape index (κ1) is 25.3. The summed E-state index contributed by atoms with van der Waals surface area (Å²) in [5.41, 5.74) is 1.33. The Kier molecular flexibility index (Phi) is 7.86. The molecule has 1 aromatic heterocycles. The molecule has 1 fully saturated rings. The summed E-state index contributed by atoms with van der Waals surface area (Å²) < 4.78 is 33.5. The number of anilines is 1. The molecule has 0 bridgehead atoms. The fraction of sp³-hybridized carbons (Fsp3) is 0.385. The second-order valence-corrected chi connectivity index (χ2v) is 11.4. The van der Waals surface area contributed by atoms with Gasteiger partial charge in [0.05, 0.1) is 22.7 Å². The number of likely N-dealkylation sites (N-methyl/N-ethyl adjacent to an activating group) is 1. The Morgan fingerprint density at radius 1 is 1.09 bits per heavy atom. The van der Waals surface area contributed by atoms with Crippen LogP contribution in [0.5, 0.6) is 5.75 Å². The van der Waals surface area contributed by atoms with Gasteiger partial charge in [-0.25, -0.2) is 8.42 Å². The van der Waals surface area contributed by atoms with E-state index in [0.717, 1.165) is 28.6 Å². The second kappa shape index (κ2) is 10.9. The molecule has 9 heteroatoms. The van der Waals surface area contributed by atoms with Crippen molar-refractivity contribution in [2.75, 3.05) is 44.4 Å². The predicted molar refractivity (Wildman–Crippen MR) is 140 cm³/mol. The lowest BCUT2D eigenvalue weighted by Crippen LogP contribution is -2.31. The topological polar surface area (TPSA) is 79.8 Å². The first-order valence-corrected chi connectivity index (χ1v) is 14.5. The number of rotatable bonds is 8. The maximum atomic E-state index is 13.9. The number of hydrogen-bond donors (Lipinski definition) is 0. The highest BCUT2D eigenvalue weighted by Crippen LogP contribution is 2.38. The van der Waals surface area contributed by atoms with Gasteiger partial charge in [-0.15, -0.1) is 11.8 Å². The molecule has 0 atom stereocenters. The number of thioether (sulfide) groups is 1. The second-order valence-electron chi connectivity index (χ2n) is 8.58. The average molecular weight is 514 g/mol. The van der Waals surface area contributed by atoms with E-state index < -0.39 is 9.84 Å². The normalized spacial score (nSPS) is 14.9. The first-order chi connectivity index (χ1) is 16.8. The Morgan fingerprint density at radius 2 is 1.86 bits per heavy atom. The summed E-state index contributed by atoms with van der Waals surface area (Å²) in [6, 6.07) is 12.4. The third-order valence-electron chi connectivity index (χ3n) is 6.25. The number of aromatic nitrogens is 1. The summed E-state index contributed by atoms with van der Waals surface area (Å²) in [6.07, 6.45) is 5.73. The van der Waals surface area contributed by atoms with E-state index in [9.17, 15) is 13.2 Å². The number of unbranched alkanes of at least 4 members (excludes halogenated alkanes) is 1. The minimum Gasteiger partial charge on any atom is -0.494 e. The van der Waals surface area contributed by atoms with E-state index in [2.05, 4.69) is 11.9 Å². The molecule has 0 unspecified atom stereocenters. The summed E-state index contributed by atoms with van der Waals surface area (Å²) in [6.45, 7) is 4.19. The number of nitrogens with zero attached hydrogens (tertiary/aromatic N) is 3. The number of benzene rings is 2. The molecule has 0 spiro atoms. The van der Waals surface area contributed by atoms with Crippen LogP contribution in [0, 0.1) is 0 Å². The molecule has 2 heterocycles. The summed E-state index contributed by atoms with van der Waals surface area (Å²) in [4.78, 5) is 21.9. The SMILES string of the molecule is CCCCOc1ccc(S(=O)(=O)c2cnc3ccc(SC)cc3c2N2CCC(=O)N(C)CC2)cc1. The third kappa shape index (κ3) is 5.41. The van der Waals surface area contributed by atoms with E-state index in [0.29, 0.717) is 44.1 Å². The highest BCUT2D eigenvalue weighted by atomic mass is 32.2. The molecule has 7 nitrogen and oxygen atoms in total. The molecule has 4 rings (SSSR count). The minimum atomic E-state index is -3.88. The van der Waals surface area contributed by atoms with Crippen molar-refractivity contribution in [1.82, 2.24) is 9.88 Å². The van der Waals surface area contributed by atoms with E-state index in [-0.39, 0.29) is 15.7 Å². The van der Waals surface area contributed by atoms with Gasteiger partial charge in [-0.1, -0.05) is 13.3 Å². The zero-order chi connectivity index (χ0) is 25.0. The largest absolute Gasteiger partial charge is 0.494 e. The van der Waals surface area contributed by atoms with Crippen LogP contribution in [0.25, 0.3) is 10.9 Å². The van der Waals surface area contributed by atoms with Crippen molar-refractivity contribution >= 4 is 44.1 Å². The number of sulfone groups is 1. The van der Waals surface area contributed by atoms with Crippen LogP contribution < -0.4 is 9.64 Å². The average Bonchev–Trinajstić information content (AvgIpc) is 3.04. The molecule has 0 aliphatic carbocycles. The van der Waals surface area contributed by atoms with Gasteiger partial charge in [0.25, 0.3) is 0 Å². The lowest BCUT2D eigenvalue weighted by atomic mass is 10.1. The van der Waals surface area contributed by atoms with Crippen LogP contribution in [0.15, 0.2) is 63.3 Å². The Labute approximate surface area is 211 Å². The standard InChI is InChI=1S/C26H31N3O4S2/c1-4-5-16-33-19-6-9-21(10-7-19)35(31,32)24-18-27-23-11-8-20(34-3)17-22(23)26(24)29-13-12-25(30)28(2)14-15-29/h6-11,17-18H,4-5,12-16H2,1-3H3. The van der Waals surface area contributed by atoms with Crippen molar-refractivity contribution in [2.24, 2.45) is 0 Å². The van der Waals surface area contributed by atoms with Crippen LogP contribution in [0.3, 0.4) is 0 Å². The van der Waals surface area contributed by atoms with Crippen molar-refractivity contribution in [3.05, 3.63) is 48.7 Å². The van der Waals surface area contributed by atoms with E-state index in [1.54, 1.807) is 48.0 Å². The Bertz CT molecular complexity index is 1310. The Hall–Kier alpha value is -2.78. The fourth-order valence-electron chi connectivity index (χ4n) is 4.12. The fourth-order valence-corrected chi connectivity index (χ4v) is 5.99. The smallest absolute Gasteiger partial charge is 0.224 e. The molecule has 0 saturated carbocycles. The molecule has 0 radical (unpaired) electrons. The van der Waals surface area contributed by atoms with Crippen molar-refractivity contribution < 1.29 is 17.9 Å². The van der Waals surface area contributed by atoms with Crippen molar-refractivity contribution in [3.8, 4) is 5.75 Å². The molecule has 1 aliphatic heterocycles. The number of ether oxygens (including phenoxy) is 1. The lowest BCUT2D eigenvalue weighted by molar-refractivity contribution is -0.129. The molecular formula is C26H31N3O4S2. The molecule has 3 aromatic rings. The minimum absolute atomic E-state index is 0.0544. The van der Waals surface area contributed by atoms with Gasteiger partial charge in [-0.3, -0.25) is 9.78 Å². The van der Waals surface area contributed by atoms with Gasteiger partial charge < -0.3 is 14.5 Å². The number of carbonyl (C=O) groups is 1. The van der Waals surface area contributed by atoms with Gasteiger partial charge in [0.1, 0.15) is 10.6 Å². The number of carbonyl (C=O) groups excluding carboxylic acids is 1. The number of hydrogen-bond acceptors (Lipinski definition) is 7. The molecule has 1 saturated heterocycles. The summed E-state index contributed by atoms with van der Waals surface area (Å²) in [7, 11) is -2.09. The number of pyridine rings is 1. The Balaban J connectivity index is 1.81. The van der Waals surface area contributed by atoms with E-state index >= 15 is 0 Å². The van der Waals surface area contributed by atoms with E-state index in [1.165, 1.54) is 6.20 Å². The lowest BCUT2D eigenvalue weighted by Gasteiger charge is -2.26. The molecular weight excluding hydrogens is 482 g/mol. The molecule has 186 valence electrons. The molecule has 35 heavy (non-hydrogen) atoms. The van der Waals surface area contributed by atoms with Crippen LogP contribution in [-0.4, -0.2) is 63.8 Å².